The number of guanidine groups is 1. The van der Waals surface area contributed by atoms with Crippen LogP contribution in [0.2, 0.25) is 0 Å². The molecule has 0 amide bonds. The van der Waals surface area contributed by atoms with Gasteiger partial charge in [-0.2, -0.15) is 0 Å². The summed E-state index contributed by atoms with van der Waals surface area (Å²) >= 11 is 0. The second-order valence-corrected chi connectivity index (χ2v) is 6.36. The van der Waals surface area contributed by atoms with Crippen LogP contribution in [0.25, 0.3) is 0 Å². The van der Waals surface area contributed by atoms with E-state index in [-0.39, 0.29) is 29.5 Å². The Labute approximate surface area is 168 Å². The molecule has 1 fully saturated rings. The summed E-state index contributed by atoms with van der Waals surface area (Å²) in [5.41, 5.74) is 1.27. The predicted octanol–water partition coefficient (Wildman–Crippen LogP) is 2.09. The third-order valence-corrected chi connectivity index (χ3v) is 4.77. The first-order valence-corrected chi connectivity index (χ1v) is 8.42. The van der Waals surface area contributed by atoms with E-state index >= 15 is 0 Å². The SMILES string of the molecule is CN=C(NCc1cccc(OC)c1)NCC1(N(C)C)CCOCC1.I. The highest BCUT2D eigenvalue weighted by atomic mass is 127. The van der Waals surface area contributed by atoms with Gasteiger partial charge in [-0.3, -0.25) is 4.99 Å². The van der Waals surface area contributed by atoms with Crippen molar-refractivity contribution < 1.29 is 9.47 Å². The van der Waals surface area contributed by atoms with Gasteiger partial charge in [-0.1, -0.05) is 12.1 Å². The first-order valence-electron chi connectivity index (χ1n) is 8.42. The van der Waals surface area contributed by atoms with E-state index in [1.54, 1.807) is 14.2 Å². The summed E-state index contributed by atoms with van der Waals surface area (Å²) in [6.07, 6.45) is 2.06. The lowest BCUT2D eigenvalue weighted by Crippen LogP contribution is -2.57. The zero-order chi connectivity index (χ0) is 17.4. The monoisotopic (exact) mass is 462 g/mol. The van der Waals surface area contributed by atoms with Crippen LogP contribution in [-0.4, -0.2) is 64.4 Å². The molecule has 2 N–H and O–H groups in total. The quantitative estimate of drug-likeness (QED) is 0.385. The molecule has 2 rings (SSSR count). The van der Waals surface area contributed by atoms with Gasteiger partial charge in [-0.25, -0.2) is 0 Å². The minimum absolute atomic E-state index is 0. The molecule has 0 unspecified atom stereocenters. The van der Waals surface area contributed by atoms with Crippen molar-refractivity contribution in [3.63, 3.8) is 0 Å². The second kappa shape index (κ2) is 10.8. The number of nitrogens with zero attached hydrogens (tertiary/aromatic N) is 2. The van der Waals surface area contributed by atoms with E-state index in [0.29, 0.717) is 6.54 Å². The van der Waals surface area contributed by atoms with Gasteiger partial charge in [-0.05, 0) is 44.6 Å². The zero-order valence-electron chi connectivity index (χ0n) is 15.7. The number of halogens is 1. The Morgan fingerprint density at radius 2 is 2.00 bits per heavy atom. The van der Waals surface area contributed by atoms with Crippen LogP contribution in [0.4, 0.5) is 0 Å². The maximum atomic E-state index is 5.52. The van der Waals surface area contributed by atoms with Gasteiger partial charge in [0.15, 0.2) is 5.96 Å². The van der Waals surface area contributed by atoms with E-state index in [1.807, 2.05) is 18.2 Å². The second-order valence-electron chi connectivity index (χ2n) is 6.36. The van der Waals surface area contributed by atoms with Crippen molar-refractivity contribution in [2.75, 3.05) is 48.0 Å². The first-order chi connectivity index (χ1) is 11.6. The van der Waals surface area contributed by atoms with Crippen LogP contribution in [0.1, 0.15) is 18.4 Å². The van der Waals surface area contributed by atoms with Crippen molar-refractivity contribution in [2.24, 2.45) is 4.99 Å². The lowest BCUT2D eigenvalue weighted by Gasteiger charge is -2.43. The molecule has 1 saturated heterocycles. The average molecular weight is 462 g/mol. The number of rotatable bonds is 6. The Morgan fingerprint density at radius 1 is 1.28 bits per heavy atom. The van der Waals surface area contributed by atoms with Gasteiger partial charge in [0.05, 0.1) is 7.11 Å². The average Bonchev–Trinajstić information content (AvgIpc) is 2.62. The Morgan fingerprint density at radius 3 is 2.60 bits per heavy atom. The first kappa shape index (κ1) is 22.0. The van der Waals surface area contributed by atoms with Gasteiger partial charge in [0.25, 0.3) is 0 Å². The molecule has 0 bridgehead atoms. The number of hydrogen-bond donors (Lipinski definition) is 2. The molecule has 7 heteroatoms. The fourth-order valence-electron chi connectivity index (χ4n) is 2.97. The lowest BCUT2D eigenvalue weighted by atomic mass is 9.88. The van der Waals surface area contributed by atoms with Crippen molar-refractivity contribution in [2.45, 2.75) is 24.9 Å². The highest BCUT2D eigenvalue weighted by Gasteiger charge is 2.34. The van der Waals surface area contributed by atoms with Crippen molar-refractivity contribution in [3.8, 4) is 5.75 Å². The van der Waals surface area contributed by atoms with E-state index < -0.39 is 0 Å². The van der Waals surface area contributed by atoms with Gasteiger partial charge in [0.2, 0.25) is 0 Å². The molecule has 0 aromatic heterocycles. The van der Waals surface area contributed by atoms with Crippen LogP contribution in [0.5, 0.6) is 5.75 Å². The van der Waals surface area contributed by atoms with Crippen LogP contribution in [0.3, 0.4) is 0 Å². The van der Waals surface area contributed by atoms with Crippen LogP contribution in [0, 0.1) is 0 Å². The molecular weight excluding hydrogens is 431 g/mol. The molecule has 1 heterocycles. The van der Waals surface area contributed by atoms with E-state index in [2.05, 4.69) is 40.7 Å². The van der Waals surface area contributed by atoms with Crippen LogP contribution < -0.4 is 15.4 Å². The molecule has 142 valence electrons. The van der Waals surface area contributed by atoms with Crippen LogP contribution in [-0.2, 0) is 11.3 Å². The lowest BCUT2D eigenvalue weighted by molar-refractivity contribution is -0.00501. The summed E-state index contributed by atoms with van der Waals surface area (Å²) in [5, 5.41) is 6.84. The van der Waals surface area contributed by atoms with E-state index in [0.717, 1.165) is 49.9 Å². The number of benzene rings is 1. The highest BCUT2D eigenvalue weighted by Crippen LogP contribution is 2.25. The molecular formula is C18H31IN4O2. The molecule has 25 heavy (non-hydrogen) atoms. The van der Waals surface area contributed by atoms with E-state index in [1.165, 1.54) is 0 Å². The molecule has 1 aliphatic rings. The summed E-state index contributed by atoms with van der Waals surface area (Å²) in [7, 11) is 7.76. The molecule has 1 aliphatic heterocycles. The highest BCUT2D eigenvalue weighted by molar-refractivity contribution is 14.0. The Kier molecular flexibility index (Phi) is 9.52. The van der Waals surface area contributed by atoms with Crippen LogP contribution in [0.15, 0.2) is 29.3 Å². The normalized spacial score (nSPS) is 16.9. The van der Waals surface area contributed by atoms with Crippen molar-refractivity contribution in [3.05, 3.63) is 29.8 Å². The van der Waals surface area contributed by atoms with Gasteiger partial charge >= 0.3 is 0 Å². The Bertz CT molecular complexity index is 546. The zero-order valence-corrected chi connectivity index (χ0v) is 18.0. The Hall–Kier alpha value is -1.06. The van der Waals surface area contributed by atoms with Gasteiger partial charge in [0, 0.05) is 38.9 Å². The van der Waals surface area contributed by atoms with Crippen molar-refractivity contribution >= 4 is 29.9 Å². The number of hydrogen-bond acceptors (Lipinski definition) is 4. The fourth-order valence-corrected chi connectivity index (χ4v) is 2.97. The largest absolute Gasteiger partial charge is 0.497 e. The minimum atomic E-state index is 0. The minimum Gasteiger partial charge on any atom is -0.497 e. The summed E-state index contributed by atoms with van der Waals surface area (Å²) in [6.45, 7) is 3.18. The standard InChI is InChI=1S/C18H30N4O2.HI/c1-19-17(20-13-15-6-5-7-16(12-15)23-4)21-14-18(22(2)3)8-10-24-11-9-18;/h5-7,12H,8-11,13-14H2,1-4H3,(H2,19,20,21);1H. The topological polar surface area (TPSA) is 58.1 Å². The maximum absolute atomic E-state index is 5.52. The summed E-state index contributed by atoms with van der Waals surface area (Å²) in [5.74, 6) is 1.68. The summed E-state index contributed by atoms with van der Waals surface area (Å²) in [4.78, 5) is 6.64. The molecule has 0 aliphatic carbocycles. The smallest absolute Gasteiger partial charge is 0.191 e. The van der Waals surface area contributed by atoms with Crippen molar-refractivity contribution in [1.82, 2.24) is 15.5 Å². The predicted molar refractivity (Wildman–Crippen MR) is 113 cm³/mol. The number of likely N-dealkylation sites (N-methyl/N-ethyl adjacent to an activating group) is 1. The van der Waals surface area contributed by atoms with Gasteiger partial charge in [-0.15, -0.1) is 24.0 Å². The van der Waals surface area contributed by atoms with E-state index in [4.69, 9.17) is 9.47 Å². The van der Waals surface area contributed by atoms with Gasteiger partial charge in [0.1, 0.15) is 5.75 Å². The molecule has 0 atom stereocenters. The number of aliphatic imine (C=N–C) groups is 1. The third kappa shape index (κ3) is 6.31. The number of nitrogens with one attached hydrogen (secondary N) is 2. The molecule has 1 aromatic carbocycles. The summed E-state index contributed by atoms with van der Waals surface area (Å²) in [6, 6.07) is 8.04. The third-order valence-electron chi connectivity index (χ3n) is 4.77. The summed E-state index contributed by atoms with van der Waals surface area (Å²) < 4.78 is 10.8. The maximum Gasteiger partial charge on any atom is 0.191 e. The molecule has 6 nitrogen and oxygen atoms in total. The molecule has 1 aromatic rings. The molecule has 0 spiro atoms. The molecule has 0 radical (unpaired) electrons. The van der Waals surface area contributed by atoms with Crippen molar-refractivity contribution in [1.29, 1.82) is 0 Å². The van der Waals surface area contributed by atoms with Crippen LogP contribution >= 0.6 is 24.0 Å². The fraction of sp³-hybridized carbons (Fsp3) is 0.611. The number of ether oxygens (including phenoxy) is 2. The van der Waals surface area contributed by atoms with E-state index in [9.17, 15) is 0 Å². The Balaban J connectivity index is 0.00000312. The number of methoxy groups -OCH3 is 1. The molecule has 0 saturated carbocycles. The van der Waals surface area contributed by atoms with Gasteiger partial charge < -0.3 is 25.0 Å².